The Hall–Kier alpha value is -3.93. The van der Waals surface area contributed by atoms with Crippen LogP contribution in [-0.2, 0) is 19.8 Å². The van der Waals surface area contributed by atoms with E-state index in [9.17, 15) is 27.9 Å². The summed E-state index contributed by atoms with van der Waals surface area (Å²) < 4.78 is 46.2. The third kappa shape index (κ3) is 4.37. The maximum Gasteiger partial charge on any atom is 0.416 e. The van der Waals surface area contributed by atoms with Crippen molar-refractivity contribution in [1.29, 1.82) is 0 Å². The number of hydrogen-bond donors (Lipinski definition) is 2. The van der Waals surface area contributed by atoms with Crippen molar-refractivity contribution < 1.29 is 23.0 Å². The Balaban J connectivity index is 1.66. The van der Waals surface area contributed by atoms with Gasteiger partial charge in [-0.15, -0.1) is 0 Å². The molecule has 1 unspecified atom stereocenters. The fourth-order valence-electron chi connectivity index (χ4n) is 3.34. The van der Waals surface area contributed by atoms with E-state index in [1.165, 1.54) is 40.5 Å². The number of hydrogen-bond acceptors (Lipinski definition) is 6. The van der Waals surface area contributed by atoms with E-state index < -0.39 is 29.1 Å². The lowest BCUT2D eigenvalue weighted by atomic mass is 10.2. The Labute approximate surface area is 183 Å². The maximum atomic E-state index is 12.7. The minimum atomic E-state index is -4.44. The monoisotopic (exact) mass is 461 g/mol. The molecule has 33 heavy (non-hydrogen) atoms. The fourth-order valence-corrected chi connectivity index (χ4v) is 3.34. The van der Waals surface area contributed by atoms with Crippen LogP contribution < -0.4 is 16.0 Å². The molecule has 4 rings (SSSR count). The largest absolute Gasteiger partial charge is 0.439 e. The molecular formula is C21H18F3N5O4. The number of rotatable bonds is 5. The number of aliphatic hydroxyl groups is 1. The molecule has 0 saturated carbocycles. The molecule has 0 saturated heterocycles. The second kappa shape index (κ2) is 8.20. The SMILES string of the molecule is CC(O)Cn1c(=O)[nH]c(=O)c2c1nc(-c1ccc(Oc3ccc(C(F)(F)F)cc3)nc1)n2C. The van der Waals surface area contributed by atoms with Gasteiger partial charge in [0.15, 0.2) is 11.2 Å². The van der Waals surface area contributed by atoms with Gasteiger partial charge in [0.1, 0.15) is 11.6 Å². The predicted molar refractivity (Wildman–Crippen MR) is 112 cm³/mol. The lowest BCUT2D eigenvalue weighted by Crippen LogP contribution is -2.33. The van der Waals surface area contributed by atoms with Crippen LogP contribution in [0.2, 0.25) is 0 Å². The second-order valence-corrected chi connectivity index (χ2v) is 7.39. The number of aliphatic hydroxyl groups excluding tert-OH is 1. The molecule has 172 valence electrons. The molecule has 3 heterocycles. The number of halogens is 3. The van der Waals surface area contributed by atoms with Gasteiger partial charge in [-0.3, -0.25) is 14.3 Å². The summed E-state index contributed by atoms with van der Waals surface area (Å²) in [5, 5.41) is 9.69. The first-order chi connectivity index (χ1) is 15.5. The Morgan fingerprint density at radius 2 is 1.85 bits per heavy atom. The standard InChI is InChI=1S/C21H18F3N5O4/c1-11(30)10-29-18-16(19(31)27-20(29)32)28(2)17(26-18)12-3-8-15(25-9-12)33-14-6-4-13(5-7-14)21(22,23)24/h3-9,11,30H,10H2,1-2H3,(H,27,31,32). The summed E-state index contributed by atoms with van der Waals surface area (Å²) in [6, 6.07) is 7.31. The van der Waals surface area contributed by atoms with Crippen LogP contribution in [0.3, 0.4) is 0 Å². The van der Waals surface area contributed by atoms with E-state index in [-0.39, 0.29) is 29.3 Å². The number of nitrogens with zero attached hydrogens (tertiary/aromatic N) is 4. The molecular weight excluding hydrogens is 443 g/mol. The second-order valence-electron chi connectivity index (χ2n) is 7.39. The first-order valence-corrected chi connectivity index (χ1v) is 9.73. The number of aryl methyl sites for hydroxylation is 1. The Kier molecular flexibility index (Phi) is 5.54. The van der Waals surface area contributed by atoms with Crippen LogP contribution in [0.4, 0.5) is 13.2 Å². The Morgan fingerprint density at radius 3 is 2.42 bits per heavy atom. The van der Waals surface area contributed by atoms with E-state index in [4.69, 9.17) is 4.74 Å². The molecule has 2 N–H and O–H groups in total. The van der Waals surface area contributed by atoms with Crippen molar-refractivity contribution in [3.63, 3.8) is 0 Å². The molecule has 0 amide bonds. The molecule has 0 spiro atoms. The third-order valence-electron chi connectivity index (χ3n) is 4.86. The zero-order valence-corrected chi connectivity index (χ0v) is 17.4. The highest BCUT2D eigenvalue weighted by Gasteiger charge is 2.30. The predicted octanol–water partition coefficient (Wildman–Crippen LogP) is 2.68. The summed E-state index contributed by atoms with van der Waals surface area (Å²) in [5.74, 6) is 0.662. The van der Waals surface area contributed by atoms with Gasteiger partial charge in [-0.2, -0.15) is 13.2 Å². The highest BCUT2D eigenvalue weighted by Crippen LogP contribution is 2.31. The average molecular weight is 461 g/mol. The molecule has 0 aliphatic rings. The van der Waals surface area contributed by atoms with E-state index in [0.717, 1.165) is 12.1 Å². The summed E-state index contributed by atoms with van der Waals surface area (Å²) in [4.78, 5) is 35.3. The van der Waals surface area contributed by atoms with Crippen molar-refractivity contribution >= 4 is 11.2 Å². The minimum Gasteiger partial charge on any atom is -0.439 e. The molecule has 0 radical (unpaired) electrons. The van der Waals surface area contributed by atoms with Gasteiger partial charge in [0, 0.05) is 24.9 Å². The number of fused-ring (bicyclic) bond motifs is 1. The van der Waals surface area contributed by atoms with Gasteiger partial charge in [-0.25, -0.2) is 14.8 Å². The topological polar surface area (TPSA) is 115 Å². The van der Waals surface area contributed by atoms with Crippen molar-refractivity contribution in [2.45, 2.75) is 25.7 Å². The average Bonchev–Trinajstić information content (AvgIpc) is 3.09. The summed E-state index contributed by atoms with van der Waals surface area (Å²) >= 11 is 0. The van der Waals surface area contributed by atoms with Crippen molar-refractivity contribution in [2.24, 2.45) is 7.05 Å². The van der Waals surface area contributed by atoms with E-state index in [0.29, 0.717) is 11.4 Å². The summed E-state index contributed by atoms with van der Waals surface area (Å²) in [6.45, 7) is 1.45. The number of aromatic nitrogens is 5. The van der Waals surface area contributed by atoms with Gasteiger partial charge in [0.25, 0.3) is 5.56 Å². The van der Waals surface area contributed by atoms with Gasteiger partial charge in [0.05, 0.1) is 18.2 Å². The summed E-state index contributed by atoms with van der Waals surface area (Å²) in [7, 11) is 1.60. The van der Waals surface area contributed by atoms with Gasteiger partial charge < -0.3 is 14.4 Å². The van der Waals surface area contributed by atoms with Crippen molar-refractivity contribution in [1.82, 2.24) is 24.1 Å². The minimum absolute atomic E-state index is 0.0548. The normalized spacial score (nSPS) is 12.8. The molecule has 0 fully saturated rings. The van der Waals surface area contributed by atoms with E-state index in [1.807, 2.05) is 0 Å². The number of pyridine rings is 1. The molecule has 9 nitrogen and oxygen atoms in total. The first-order valence-electron chi connectivity index (χ1n) is 9.73. The number of nitrogens with one attached hydrogen (secondary N) is 1. The quantitative estimate of drug-likeness (QED) is 0.472. The van der Waals surface area contributed by atoms with Gasteiger partial charge in [-0.1, -0.05) is 0 Å². The fraction of sp³-hybridized carbons (Fsp3) is 0.238. The molecule has 12 heteroatoms. The van der Waals surface area contributed by atoms with Crippen molar-refractivity contribution in [2.75, 3.05) is 0 Å². The van der Waals surface area contributed by atoms with Crippen LogP contribution in [0.5, 0.6) is 11.6 Å². The lowest BCUT2D eigenvalue weighted by molar-refractivity contribution is -0.137. The van der Waals surface area contributed by atoms with E-state index >= 15 is 0 Å². The molecule has 4 aromatic rings. The molecule has 0 aliphatic heterocycles. The number of H-pyrrole nitrogens is 1. The van der Waals surface area contributed by atoms with Gasteiger partial charge in [-0.05, 0) is 37.3 Å². The first kappa shape index (κ1) is 22.3. The molecule has 3 aromatic heterocycles. The number of aromatic amines is 1. The highest BCUT2D eigenvalue weighted by molar-refractivity contribution is 5.76. The van der Waals surface area contributed by atoms with Gasteiger partial charge in [0.2, 0.25) is 5.88 Å². The molecule has 1 aromatic carbocycles. The number of benzene rings is 1. The third-order valence-corrected chi connectivity index (χ3v) is 4.86. The zero-order valence-electron chi connectivity index (χ0n) is 17.4. The van der Waals surface area contributed by atoms with Crippen LogP contribution in [-0.4, -0.2) is 35.3 Å². The van der Waals surface area contributed by atoms with Crippen molar-refractivity contribution in [3.05, 3.63) is 69.0 Å². The number of imidazole rings is 1. The van der Waals surface area contributed by atoms with Crippen LogP contribution in [0.1, 0.15) is 12.5 Å². The Morgan fingerprint density at radius 1 is 1.15 bits per heavy atom. The van der Waals surface area contributed by atoms with Crippen molar-refractivity contribution in [3.8, 4) is 23.0 Å². The molecule has 0 aliphatic carbocycles. The van der Waals surface area contributed by atoms with Crippen LogP contribution >= 0.6 is 0 Å². The number of alkyl halides is 3. The number of ether oxygens (including phenoxy) is 1. The molecule has 0 bridgehead atoms. The Bertz CT molecular complexity index is 1420. The lowest BCUT2D eigenvalue weighted by Gasteiger charge is -2.09. The van der Waals surface area contributed by atoms with Crippen LogP contribution in [0.25, 0.3) is 22.6 Å². The van der Waals surface area contributed by atoms with Gasteiger partial charge >= 0.3 is 11.9 Å². The summed E-state index contributed by atoms with van der Waals surface area (Å²) in [5.41, 5.74) is -1.32. The van der Waals surface area contributed by atoms with E-state index in [1.54, 1.807) is 13.1 Å². The zero-order chi connectivity index (χ0) is 23.9. The van der Waals surface area contributed by atoms with E-state index in [2.05, 4.69) is 15.0 Å². The molecule has 1 atom stereocenters. The maximum absolute atomic E-state index is 12.7. The smallest absolute Gasteiger partial charge is 0.416 e. The summed E-state index contributed by atoms with van der Waals surface area (Å²) in [6.07, 6.45) is -3.86. The van der Waals surface area contributed by atoms with Crippen LogP contribution in [0, 0.1) is 0 Å². The van der Waals surface area contributed by atoms with Crippen LogP contribution in [0.15, 0.2) is 52.2 Å². The highest BCUT2D eigenvalue weighted by atomic mass is 19.4.